The normalized spacial score (nSPS) is 23.1. The van der Waals surface area contributed by atoms with E-state index in [9.17, 15) is 4.79 Å². The number of rotatable bonds is 6. The molecule has 2 unspecified atom stereocenters. The second-order valence-electron chi connectivity index (χ2n) is 5.79. The van der Waals surface area contributed by atoms with E-state index in [1.54, 1.807) is 0 Å². The molecule has 21 heavy (non-hydrogen) atoms. The quantitative estimate of drug-likeness (QED) is 0.644. The van der Waals surface area contributed by atoms with Crippen LogP contribution >= 0.6 is 0 Å². The lowest BCUT2D eigenvalue weighted by atomic mass is 10.00. The Bertz CT molecular complexity index is 515. The summed E-state index contributed by atoms with van der Waals surface area (Å²) in [5.41, 5.74) is 2.71. The summed E-state index contributed by atoms with van der Waals surface area (Å²) >= 11 is 0. The van der Waals surface area contributed by atoms with Gasteiger partial charge in [-0.3, -0.25) is 10.1 Å². The molecule has 4 nitrogen and oxygen atoms in total. The number of fused-ring (bicyclic) bond motifs is 1. The first-order valence-electron chi connectivity index (χ1n) is 7.95. The minimum atomic E-state index is -0.103. The molecule has 1 aromatic rings. The molecule has 1 N–H and O–H groups in total. The molecule has 0 aromatic heterocycles. The monoisotopic (exact) mass is 289 g/mol. The van der Waals surface area contributed by atoms with E-state index in [2.05, 4.69) is 23.5 Å². The van der Waals surface area contributed by atoms with Crippen molar-refractivity contribution < 1.29 is 14.3 Å². The third kappa shape index (κ3) is 3.56. The van der Waals surface area contributed by atoms with Crippen LogP contribution in [0.3, 0.4) is 0 Å². The van der Waals surface area contributed by atoms with Crippen LogP contribution in [-0.2, 0) is 22.4 Å². The van der Waals surface area contributed by atoms with E-state index < -0.39 is 0 Å². The average Bonchev–Trinajstić information content (AvgIpc) is 3.27. The van der Waals surface area contributed by atoms with Crippen molar-refractivity contribution in [1.82, 2.24) is 5.32 Å². The van der Waals surface area contributed by atoms with Gasteiger partial charge in [0.25, 0.3) is 0 Å². The molecule has 2 heterocycles. The number of esters is 1. The van der Waals surface area contributed by atoms with E-state index >= 15 is 0 Å². The average molecular weight is 289 g/mol. The summed E-state index contributed by atoms with van der Waals surface area (Å²) in [5.74, 6) is 0.949. The Morgan fingerprint density at radius 3 is 3.24 bits per heavy atom. The summed E-state index contributed by atoms with van der Waals surface area (Å²) in [7, 11) is 0. The number of carbonyl (C=O) groups is 1. The molecule has 2 aliphatic rings. The maximum Gasteiger partial charge on any atom is 0.324 e. The first-order chi connectivity index (χ1) is 10.3. The van der Waals surface area contributed by atoms with Gasteiger partial charge in [-0.1, -0.05) is 12.1 Å². The van der Waals surface area contributed by atoms with Gasteiger partial charge in [0, 0.05) is 6.04 Å². The number of carbonyl (C=O) groups excluding carboxylic acids is 1. The molecule has 2 atom stereocenters. The second-order valence-corrected chi connectivity index (χ2v) is 5.79. The van der Waals surface area contributed by atoms with Crippen molar-refractivity contribution in [1.29, 1.82) is 0 Å². The Morgan fingerprint density at radius 2 is 2.38 bits per heavy atom. The van der Waals surface area contributed by atoms with E-state index in [4.69, 9.17) is 9.47 Å². The molecule has 1 fully saturated rings. The van der Waals surface area contributed by atoms with Crippen molar-refractivity contribution in [2.75, 3.05) is 13.2 Å². The summed E-state index contributed by atoms with van der Waals surface area (Å²) in [6.07, 6.45) is 5.41. The third-order valence-corrected chi connectivity index (χ3v) is 4.18. The van der Waals surface area contributed by atoms with Gasteiger partial charge in [0.05, 0.1) is 13.2 Å². The van der Waals surface area contributed by atoms with E-state index in [1.807, 2.05) is 6.92 Å². The number of nitrogens with one attached hydrogen (secondary N) is 1. The maximum absolute atomic E-state index is 11.5. The molecule has 4 heteroatoms. The standard InChI is InChI=1S/C17H23NO3/c1-2-20-17(19)16-14(18-16)7-3-5-12-8-9-15-13(11-12)6-4-10-21-15/h8-9,11,14,16,18H,2-7,10H2,1H3. The van der Waals surface area contributed by atoms with Gasteiger partial charge in [-0.2, -0.15) is 0 Å². The molecule has 114 valence electrons. The molecule has 3 rings (SSSR count). The highest BCUT2D eigenvalue weighted by atomic mass is 16.5. The van der Waals surface area contributed by atoms with Gasteiger partial charge in [0.2, 0.25) is 0 Å². The van der Waals surface area contributed by atoms with Gasteiger partial charge in [0.15, 0.2) is 0 Å². The Labute approximate surface area is 125 Å². The number of ether oxygens (including phenoxy) is 2. The largest absolute Gasteiger partial charge is 0.493 e. The zero-order chi connectivity index (χ0) is 14.7. The van der Waals surface area contributed by atoms with Gasteiger partial charge in [0.1, 0.15) is 11.8 Å². The fourth-order valence-electron chi connectivity index (χ4n) is 2.98. The fraction of sp³-hybridized carbons (Fsp3) is 0.588. The lowest BCUT2D eigenvalue weighted by Crippen LogP contribution is -2.14. The summed E-state index contributed by atoms with van der Waals surface area (Å²) in [5, 5.41) is 3.19. The van der Waals surface area contributed by atoms with Crippen molar-refractivity contribution in [3.05, 3.63) is 29.3 Å². The number of benzene rings is 1. The highest BCUT2D eigenvalue weighted by molar-refractivity contribution is 5.80. The predicted molar refractivity (Wildman–Crippen MR) is 80.5 cm³/mol. The lowest BCUT2D eigenvalue weighted by molar-refractivity contribution is -0.142. The van der Waals surface area contributed by atoms with Crippen molar-refractivity contribution in [2.45, 2.75) is 51.1 Å². The third-order valence-electron chi connectivity index (χ3n) is 4.18. The smallest absolute Gasteiger partial charge is 0.324 e. The number of hydrogen-bond donors (Lipinski definition) is 1. The van der Waals surface area contributed by atoms with Crippen LogP contribution in [0.15, 0.2) is 18.2 Å². The number of aryl methyl sites for hydroxylation is 2. The highest BCUT2D eigenvalue weighted by Gasteiger charge is 2.42. The predicted octanol–water partition coefficient (Wildman–Crippen LogP) is 2.24. The van der Waals surface area contributed by atoms with Crippen LogP contribution in [-0.4, -0.2) is 31.3 Å². The SMILES string of the molecule is CCOC(=O)C1NC1CCCc1ccc2c(c1)CCCO2. The first-order valence-corrected chi connectivity index (χ1v) is 7.95. The van der Waals surface area contributed by atoms with Crippen molar-refractivity contribution in [2.24, 2.45) is 0 Å². The molecule has 0 bridgehead atoms. The van der Waals surface area contributed by atoms with Crippen LogP contribution in [0.5, 0.6) is 5.75 Å². The summed E-state index contributed by atoms with van der Waals surface area (Å²) < 4.78 is 10.6. The molecule has 0 amide bonds. The van der Waals surface area contributed by atoms with E-state index in [1.165, 1.54) is 11.1 Å². The van der Waals surface area contributed by atoms with Gasteiger partial charge >= 0.3 is 5.97 Å². The molecule has 0 aliphatic carbocycles. The highest BCUT2D eigenvalue weighted by Crippen LogP contribution is 2.26. The minimum absolute atomic E-state index is 0.0677. The molecular formula is C17H23NO3. The molecule has 1 aromatic carbocycles. The van der Waals surface area contributed by atoms with Crippen LogP contribution in [0, 0.1) is 0 Å². The van der Waals surface area contributed by atoms with Crippen molar-refractivity contribution in [3.63, 3.8) is 0 Å². The van der Waals surface area contributed by atoms with Gasteiger partial charge in [-0.25, -0.2) is 0 Å². The molecule has 0 radical (unpaired) electrons. The minimum Gasteiger partial charge on any atom is -0.493 e. The van der Waals surface area contributed by atoms with Crippen molar-refractivity contribution in [3.8, 4) is 5.75 Å². The summed E-state index contributed by atoms with van der Waals surface area (Å²) in [4.78, 5) is 11.5. The Balaban J connectivity index is 1.43. The Morgan fingerprint density at radius 1 is 1.48 bits per heavy atom. The van der Waals surface area contributed by atoms with E-state index in [-0.39, 0.29) is 12.0 Å². The van der Waals surface area contributed by atoms with Crippen LogP contribution < -0.4 is 10.1 Å². The van der Waals surface area contributed by atoms with Gasteiger partial charge < -0.3 is 9.47 Å². The van der Waals surface area contributed by atoms with Gasteiger partial charge in [-0.05, 0) is 56.2 Å². The second kappa shape index (κ2) is 6.48. The van der Waals surface area contributed by atoms with Crippen LogP contribution in [0.2, 0.25) is 0 Å². The fourth-order valence-corrected chi connectivity index (χ4v) is 2.98. The lowest BCUT2D eigenvalue weighted by Gasteiger charge is -2.17. The topological polar surface area (TPSA) is 57.5 Å². The molecule has 2 aliphatic heterocycles. The van der Waals surface area contributed by atoms with E-state index in [0.717, 1.165) is 44.5 Å². The maximum atomic E-state index is 11.5. The van der Waals surface area contributed by atoms with E-state index in [0.29, 0.717) is 12.6 Å². The first kappa shape index (κ1) is 14.4. The Hall–Kier alpha value is -1.55. The van der Waals surface area contributed by atoms with Gasteiger partial charge in [-0.15, -0.1) is 0 Å². The molecule has 1 saturated heterocycles. The molecular weight excluding hydrogens is 266 g/mol. The zero-order valence-electron chi connectivity index (χ0n) is 12.6. The summed E-state index contributed by atoms with van der Waals surface area (Å²) in [6.45, 7) is 3.14. The number of hydrogen-bond acceptors (Lipinski definition) is 4. The molecule has 0 spiro atoms. The van der Waals surface area contributed by atoms with Crippen LogP contribution in [0.4, 0.5) is 0 Å². The molecule has 0 saturated carbocycles. The zero-order valence-corrected chi connectivity index (χ0v) is 12.6. The van der Waals surface area contributed by atoms with Crippen LogP contribution in [0.25, 0.3) is 0 Å². The van der Waals surface area contributed by atoms with Crippen molar-refractivity contribution >= 4 is 5.97 Å². The van der Waals surface area contributed by atoms with Crippen LogP contribution in [0.1, 0.15) is 37.3 Å². The summed E-state index contributed by atoms with van der Waals surface area (Å²) in [6, 6.07) is 6.78. The Kier molecular flexibility index (Phi) is 4.44.